The third kappa shape index (κ3) is 9.61. The van der Waals surface area contributed by atoms with Crippen molar-refractivity contribution in [3.05, 3.63) is 0 Å². The van der Waals surface area contributed by atoms with E-state index < -0.39 is 0 Å². The van der Waals surface area contributed by atoms with Gasteiger partial charge in [-0.2, -0.15) is 0 Å². The predicted molar refractivity (Wildman–Crippen MR) is 100 cm³/mol. The quantitative estimate of drug-likeness (QED) is 0.289. The molecule has 0 aromatic heterocycles. The molecule has 0 N–H and O–H groups in total. The minimum Gasteiger partial charge on any atom is -0.371 e. The van der Waals surface area contributed by atoms with Crippen LogP contribution in [-0.2, 0) is 9.57 Å². The Labute approximate surface area is 149 Å². The molecule has 1 heterocycles. The maximum Gasteiger partial charge on any atom is 0.211 e. The highest BCUT2D eigenvalue weighted by atomic mass is 16.7. The van der Waals surface area contributed by atoms with Crippen molar-refractivity contribution >= 4 is 0 Å². The van der Waals surface area contributed by atoms with Gasteiger partial charge in [0.05, 0.1) is 0 Å². The van der Waals surface area contributed by atoms with Crippen LogP contribution in [0.3, 0.4) is 0 Å². The Balaban J connectivity index is 1.82. The summed E-state index contributed by atoms with van der Waals surface area (Å²) in [6.45, 7) is 4.50. The lowest BCUT2D eigenvalue weighted by atomic mass is 9.96. The summed E-state index contributed by atoms with van der Waals surface area (Å²) in [5.74, 6) is 0.456. The van der Waals surface area contributed by atoms with E-state index in [9.17, 15) is 0 Å². The van der Waals surface area contributed by atoms with Crippen molar-refractivity contribution in [2.45, 2.75) is 116 Å². The molecule has 1 aliphatic heterocycles. The molecule has 1 rings (SSSR count). The van der Waals surface area contributed by atoms with Crippen LogP contribution in [0.1, 0.15) is 104 Å². The van der Waals surface area contributed by atoms with Gasteiger partial charge < -0.3 is 9.57 Å². The standard InChI is InChI=1S/C20H40N2O2/c1-4-5-6-7-8-9-10-11-12-13-14-15-16-17-18(2)19-20(23-3)21-22-24-19/h18-20H,4-17H2,1-3H3. The Morgan fingerprint density at radius 2 is 1.33 bits per heavy atom. The topological polar surface area (TPSA) is 43.2 Å². The number of ether oxygens (including phenoxy) is 1. The Kier molecular flexibility index (Phi) is 13.1. The monoisotopic (exact) mass is 340 g/mol. The SMILES string of the molecule is CCCCCCCCCCCCCCCC(C)C1ON=NC1OC. The van der Waals surface area contributed by atoms with Crippen molar-refractivity contribution < 1.29 is 9.57 Å². The van der Waals surface area contributed by atoms with Gasteiger partial charge in [0.25, 0.3) is 0 Å². The largest absolute Gasteiger partial charge is 0.371 e. The Morgan fingerprint density at radius 3 is 1.83 bits per heavy atom. The third-order valence-corrected chi connectivity index (χ3v) is 5.18. The summed E-state index contributed by atoms with van der Waals surface area (Å²) < 4.78 is 5.28. The summed E-state index contributed by atoms with van der Waals surface area (Å²) in [6, 6.07) is 0. The molecule has 0 saturated heterocycles. The molecular weight excluding hydrogens is 300 g/mol. The van der Waals surface area contributed by atoms with Crippen LogP contribution >= 0.6 is 0 Å². The molecule has 142 valence electrons. The number of hydrogen-bond donors (Lipinski definition) is 0. The fourth-order valence-corrected chi connectivity index (χ4v) is 3.46. The second-order valence-corrected chi connectivity index (χ2v) is 7.40. The van der Waals surface area contributed by atoms with Gasteiger partial charge in [0.15, 0.2) is 6.10 Å². The smallest absolute Gasteiger partial charge is 0.211 e. The van der Waals surface area contributed by atoms with E-state index in [0.717, 1.165) is 0 Å². The molecule has 0 aromatic carbocycles. The summed E-state index contributed by atoms with van der Waals surface area (Å²) in [6.07, 6.45) is 19.2. The summed E-state index contributed by atoms with van der Waals surface area (Å²) in [7, 11) is 1.67. The minimum absolute atomic E-state index is 0.00678. The molecular formula is C20H40N2O2. The van der Waals surface area contributed by atoms with Crippen molar-refractivity contribution in [2.75, 3.05) is 7.11 Å². The Bertz CT molecular complexity index is 310. The second-order valence-electron chi connectivity index (χ2n) is 7.40. The second kappa shape index (κ2) is 14.7. The van der Waals surface area contributed by atoms with Crippen molar-refractivity contribution in [2.24, 2.45) is 16.3 Å². The van der Waals surface area contributed by atoms with Crippen molar-refractivity contribution in [1.29, 1.82) is 0 Å². The van der Waals surface area contributed by atoms with Crippen molar-refractivity contribution in [1.82, 2.24) is 0 Å². The number of hydrogen-bond acceptors (Lipinski definition) is 4. The number of rotatable bonds is 16. The zero-order valence-electron chi connectivity index (χ0n) is 16.3. The highest BCUT2D eigenvalue weighted by Crippen LogP contribution is 2.25. The molecule has 0 bridgehead atoms. The molecule has 24 heavy (non-hydrogen) atoms. The zero-order chi connectivity index (χ0) is 17.5. The fraction of sp³-hybridized carbons (Fsp3) is 1.00. The van der Waals surface area contributed by atoms with Crippen LogP contribution < -0.4 is 0 Å². The molecule has 4 heteroatoms. The molecule has 0 saturated carbocycles. The van der Waals surface area contributed by atoms with Crippen LogP contribution in [0.2, 0.25) is 0 Å². The lowest BCUT2D eigenvalue weighted by Gasteiger charge is -2.20. The van der Waals surface area contributed by atoms with Crippen LogP contribution in [-0.4, -0.2) is 19.4 Å². The van der Waals surface area contributed by atoms with Gasteiger partial charge in [0, 0.05) is 18.3 Å². The fourth-order valence-electron chi connectivity index (χ4n) is 3.46. The van der Waals surface area contributed by atoms with Gasteiger partial charge in [-0.25, -0.2) is 0 Å². The van der Waals surface area contributed by atoms with Gasteiger partial charge >= 0.3 is 0 Å². The van der Waals surface area contributed by atoms with Gasteiger partial charge in [0.2, 0.25) is 6.23 Å². The van der Waals surface area contributed by atoms with Gasteiger partial charge in [0.1, 0.15) is 0 Å². The van der Waals surface area contributed by atoms with Gasteiger partial charge in [-0.15, -0.1) is 5.11 Å². The first-order valence-corrected chi connectivity index (χ1v) is 10.4. The Hall–Kier alpha value is -0.640. The molecule has 0 fully saturated rings. The molecule has 1 aliphatic rings. The zero-order valence-corrected chi connectivity index (χ0v) is 16.3. The van der Waals surface area contributed by atoms with Crippen molar-refractivity contribution in [3.8, 4) is 0 Å². The van der Waals surface area contributed by atoms with E-state index in [1.165, 1.54) is 89.9 Å². The van der Waals surface area contributed by atoms with Crippen molar-refractivity contribution in [3.63, 3.8) is 0 Å². The average Bonchev–Trinajstić information content (AvgIpc) is 3.07. The Morgan fingerprint density at radius 1 is 0.833 bits per heavy atom. The van der Waals surface area contributed by atoms with Gasteiger partial charge in [-0.3, -0.25) is 0 Å². The molecule has 0 spiro atoms. The molecule has 4 nitrogen and oxygen atoms in total. The lowest BCUT2D eigenvalue weighted by molar-refractivity contribution is -0.0359. The molecule has 0 aromatic rings. The first-order valence-electron chi connectivity index (χ1n) is 10.4. The van der Waals surface area contributed by atoms with E-state index in [0.29, 0.717) is 5.92 Å². The van der Waals surface area contributed by atoms with Crippen LogP contribution in [0, 0.1) is 5.92 Å². The molecule has 0 amide bonds. The summed E-state index contributed by atoms with van der Waals surface area (Å²) >= 11 is 0. The van der Waals surface area contributed by atoms with Gasteiger partial charge in [-0.05, 0) is 6.42 Å². The van der Waals surface area contributed by atoms with E-state index in [2.05, 4.69) is 24.2 Å². The number of methoxy groups -OCH3 is 1. The molecule has 0 aliphatic carbocycles. The van der Waals surface area contributed by atoms with E-state index in [-0.39, 0.29) is 12.3 Å². The summed E-state index contributed by atoms with van der Waals surface area (Å²) in [5, 5.41) is 7.60. The van der Waals surface area contributed by atoms with Crippen LogP contribution in [0.25, 0.3) is 0 Å². The highest BCUT2D eigenvalue weighted by molar-refractivity contribution is 4.75. The number of unbranched alkanes of at least 4 members (excludes halogenated alkanes) is 12. The minimum atomic E-state index is -0.207. The van der Waals surface area contributed by atoms with E-state index in [4.69, 9.17) is 9.57 Å². The lowest BCUT2D eigenvalue weighted by Crippen LogP contribution is -2.30. The molecule has 3 atom stereocenters. The summed E-state index contributed by atoms with van der Waals surface area (Å²) in [5.41, 5.74) is 0. The van der Waals surface area contributed by atoms with E-state index >= 15 is 0 Å². The van der Waals surface area contributed by atoms with E-state index in [1.54, 1.807) is 7.11 Å². The van der Waals surface area contributed by atoms with Crippen LogP contribution in [0.15, 0.2) is 10.4 Å². The van der Waals surface area contributed by atoms with E-state index in [1.807, 2.05) is 0 Å². The maximum absolute atomic E-state index is 5.32. The maximum atomic E-state index is 5.32. The summed E-state index contributed by atoms with van der Waals surface area (Å²) in [4.78, 5) is 5.32. The first-order chi connectivity index (χ1) is 11.8. The average molecular weight is 341 g/mol. The van der Waals surface area contributed by atoms with Crippen LogP contribution in [0.5, 0.6) is 0 Å². The normalized spacial score (nSPS) is 21.1. The van der Waals surface area contributed by atoms with Crippen LogP contribution in [0.4, 0.5) is 0 Å². The molecule has 3 unspecified atom stereocenters. The molecule has 0 radical (unpaired) electrons. The third-order valence-electron chi connectivity index (χ3n) is 5.18. The first kappa shape index (κ1) is 21.4. The number of nitrogens with zero attached hydrogens (tertiary/aromatic N) is 2. The highest BCUT2D eigenvalue weighted by Gasteiger charge is 2.32. The predicted octanol–water partition coefficient (Wildman–Crippen LogP) is 6.84. The van der Waals surface area contributed by atoms with Gasteiger partial charge in [-0.1, -0.05) is 97.3 Å².